The molecule has 1 heterocycles. The first-order valence-corrected chi connectivity index (χ1v) is 10.3. The fourth-order valence-corrected chi connectivity index (χ4v) is 3.35. The molecule has 1 fully saturated rings. The van der Waals surface area contributed by atoms with Crippen LogP contribution in [0.25, 0.3) is 0 Å². The second kappa shape index (κ2) is 13.0. The summed E-state index contributed by atoms with van der Waals surface area (Å²) in [5.74, 6) is -2.65. The molecule has 0 radical (unpaired) electrons. The first kappa shape index (κ1) is 23.8. The summed E-state index contributed by atoms with van der Waals surface area (Å²) in [4.78, 5) is 22.6. The molecule has 4 nitrogen and oxygen atoms in total. The molecule has 0 aromatic rings. The van der Waals surface area contributed by atoms with Crippen molar-refractivity contribution in [3.05, 3.63) is 0 Å². The van der Waals surface area contributed by atoms with Crippen molar-refractivity contribution in [1.82, 2.24) is 0 Å². The molecular formula is C20H33F3O4. The Bertz CT molecular complexity index is 437. The van der Waals surface area contributed by atoms with Crippen LogP contribution >= 0.6 is 0 Å². The summed E-state index contributed by atoms with van der Waals surface area (Å²) in [5, 5.41) is 0. The van der Waals surface area contributed by atoms with Crippen LogP contribution in [0.2, 0.25) is 0 Å². The first-order chi connectivity index (χ1) is 12.8. The van der Waals surface area contributed by atoms with Gasteiger partial charge in [0.2, 0.25) is 0 Å². The van der Waals surface area contributed by atoms with E-state index in [1.807, 2.05) is 0 Å². The van der Waals surface area contributed by atoms with E-state index in [4.69, 9.17) is 4.74 Å². The predicted molar refractivity (Wildman–Crippen MR) is 96.1 cm³/mol. The molecule has 0 N–H and O–H groups in total. The zero-order chi connectivity index (χ0) is 20.1. The number of hydrogen-bond donors (Lipinski definition) is 0. The van der Waals surface area contributed by atoms with Gasteiger partial charge in [-0.05, 0) is 25.7 Å². The Balaban J connectivity index is 2.30. The summed E-state index contributed by atoms with van der Waals surface area (Å²) in [6.07, 6.45) is 5.80. The molecule has 1 aliphatic heterocycles. The van der Waals surface area contributed by atoms with Crippen LogP contribution in [0.15, 0.2) is 0 Å². The number of esters is 2. The zero-order valence-corrected chi connectivity index (χ0v) is 16.3. The molecule has 0 aliphatic carbocycles. The van der Waals surface area contributed by atoms with E-state index in [1.165, 1.54) is 38.5 Å². The second-order valence-corrected chi connectivity index (χ2v) is 7.33. The Hall–Kier alpha value is -1.27. The van der Waals surface area contributed by atoms with Crippen LogP contribution in [0.1, 0.15) is 96.8 Å². The van der Waals surface area contributed by atoms with Crippen LogP contribution in [0, 0.1) is 0 Å². The first-order valence-electron chi connectivity index (χ1n) is 10.3. The van der Waals surface area contributed by atoms with Gasteiger partial charge < -0.3 is 9.47 Å². The van der Waals surface area contributed by atoms with Gasteiger partial charge in [0.25, 0.3) is 0 Å². The van der Waals surface area contributed by atoms with Crippen LogP contribution in [0.5, 0.6) is 0 Å². The van der Waals surface area contributed by atoms with Crippen molar-refractivity contribution in [2.75, 3.05) is 0 Å². The van der Waals surface area contributed by atoms with Gasteiger partial charge in [0, 0.05) is 6.42 Å². The highest BCUT2D eigenvalue weighted by atomic mass is 19.4. The molecule has 0 saturated carbocycles. The Morgan fingerprint density at radius 2 is 1.63 bits per heavy atom. The van der Waals surface area contributed by atoms with Crippen molar-refractivity contribution < 1.29 is 32.2 Å². The van der Waals surface area contributed by atoms with E-state index in [2.05, 4.69) is 11.7 Å². The van der Waals surface area contributed by atoms with Crippen molar-refractivity contribution in [2.45, 2.75) is 115 Å². The summed E-state index contributed by atoms with van der Waals surface area (Å²) in [5.41, 5.74) is 0. The smallest absolute Gasteiger partial charge is 0.458 e. The molecule has 27 heavy (non-hydrogen) atoms. The Labute approximate surface area is 160 Å². The van der Waals surface area contributed by atoms with Gasteiger partial charge in [-0.25, -0.2) is 4.79 Å². The molecule has 0 spiro atoms. The summed E-state index contributed by atoms with van der Waals surface area (Å²) >= 11 is 0. The fourth-order valence-electron chi connectivity index (χ4n) is 3.35. The highest BCUT2D eigenvalue weighted by Gasteiger charge is 2.44. The molecule has 158 valence electrons. The van der Waals surface area contributed by atoms with Gasteiger partial charge in [0.05, 0.1) is 0 Å². The van der Waals surface area contributed by atoms with Gasteiger partial charge >= 0.3 is 18.1 Å². The summed E-state index contributed by atoms with van der Waals surface area (Å²) < 4.78 is 47.3. The number of ether oxygens (including phenoxy) is 2. The third kappa shape index (κ3) is 10.6. The third-order valence-corrected chi connectivity index (χ3v) is 4.90. The van der Waals surface area contributed by atoms with E-state index in [9.17, 15) is 22.8 Å². The number of hydrogen-bond acceptors (Lipinski definition) is 4. The van der Waals surface area contributed by atoms with Crippen molar-refractivity contribution >= 4 is 11.9 Å². The summed E-state index contributed by atoms with van der Waals surface area (Å²) in [7, 11) is 0. The minimum Gasteiger partial charge on any atom is -0.458 e. The van der Waals surface area contributed by atoms with Gasteiger partial charge in [-0.1, -0.05) is 64.7 Å². The van der Waals surface area contributed by atoms with Crippen LogP contribution in [-0.2, 0) is 19.1 Å². The number of carbonyl (C=O) groups is 2. The average Bonchev–Trinajstić information content (AvgIpc) is 2.61. The Morgan fingerprint density at radius 3 is 2.15 bits per heavy atom. The molecule has 0 bridgehead atoms. The van der Waals surface area contributed by atoms with Crippen LogP contribution in [0.3, 0.4) is 0 Å². The average molecular weight is 394 g/mol. The van der Waals surface area contributed by atoms with Crippen molar-refractivity contribution in [3.8, 4) is 0 Å². The maximum Gasteiger partial charge on any atom is 0.490 e. The number of carbonyl (C=O) groups excluding carboxylic acids is 2. The van der Waals surface area contributed by atoms with Crippen LogP contribution < -0.4 is 0 Å². The predicted octanol–water partition coefficient (Wildman–Crippen LogP) is 5.87. The minimum atomic E-state index is -5.03. The lowest BCUT2D eigenvalue weighted by molar-refractivity contribution is -0.212. The number of cyclic esters (lactones) is 1. The van der Waals surface area contributed by atoms with Gasteiger partial charge in [-0.3, -0.25) is 4.79 Å². The van der Waals surface area contributed by atoms with Crippen LogP contribution in [0.4, 0.5) is 13.2 Å². The quantitative estimate of drug-likeness (QED) is 0.290. The number of unbranched alkanes of at least 4 members (excludes halogenated alkanes) is 9. The van der Waals surface area contributed by atoms with E-state index in [1.54, 1.807) is 0 Å². The van der Waals surface area contributed by atoms with E-state index in [0.717, 1.165) is 19.3 Å². The van der Waals surface area contributed by atoms with E-state index in [0.29, 0.717) is 19.3 Å². The topological polar surface area (TPSA) is 52.6 Å². The van der Waals surface area contributed by atoms with Crippen molar-refractivity contribution in [2.24, 2.45) is 0 Å². The third-order valence-electron chi connectivity index (χ3n) is 4.90. The lowest BCUT2D eigenvalue weighted by atomic mass is 9.98. The largest absolute Gasteiger partial charge is 0.490 e. The number of halogens is 3. The normalized spacial score (nSPS) is 18.8. The van der Waals surface area contributed by atoms with E-state index < -0.39 is 30.3 Å². The lowest BCUT2D eigenvalue weighted by Crippen LogP contribution is -2.40. The maximum absolute atomic E-state index is 12.5. The van der Waals surface area contributed by atoms with Crippen LogP contribution in [-0.4, -0.2) is 30.3 Å². The van der Waals surface area contributed by atoms with Gasteiger partial charge in [0.1, 0.15) is 12.2 Å². The molecule has 2 atom stereocenters. The van der Waals surface area contributed by atoms with E-state index >= 15 is 0 Å². The molecule has 0 amide bonds. The number of alkyl halides is 3. The molecule has 0 aromatic carbocycles. The van der Waals surface area contributed by atoms with Crippen molar-refractivity contribution in [3.63, 3.8) is 0 Å². The lowest BCUT2D eigenvalue weighted by Gasteiger charge is -2.30. The van der Waals surface area contributed by atoms with Gasteiger partial charge in [-0.15, -0.1) is 0 Å². The van der Waals surface area contributed by atoms with Crippen molar-refractivity contribution in [1.29, 1.82) is 0 Å². The highest BCUT2D eigenvalue weighted by molar-refractivity contribution is 5.76. The SMILES string of the molecule is CCCCCCCCCCCCC(OC(=O)C(F)(F)F)C1CCCC(=O)O1. The fraction of sp³-hybridized carbons (Fsp3) is 0.900. The molecule has 1 aliphatic rings. The van der Waals surface area contributed by atoms with Gasteiger partial charge in [0.15, 0.2) is 0 Å². The monoisotopic (exact) mass is 394 g/mol. The van der Waals surface area contributed by atoms with Gasteiger partial charge in [-0.2, -0.15) is 13.2 Å². The Kier molecular flexibility index (Phi) is 11.4. The Morgan fingerprint density at radius 1 is 1.07 bits per heavy atom. The maximum atomic E-state index is 12.5. The second-order valence-electron chi connectivity index (χ2n) is 7.33. The number of rotatable bonds is 13. The molecule has 0 aromatic heterocycles. The molecule has 2 unspecified atom stereocenters. The van der Waals surface area contributed by atoms with E-state index in [-0.39, 0.29) is 12.8 Å². The highest BCUT2D eigenvalue weighted by Crippen LogP contribution is 2.26. The molecule has 1 rings (SSSR count). The molecule has 1 saturated heterocycles. The summed E-state index contributed by atoms with van der Waals surface area (Å²) in [6, 6.07) is 0. The standard InChI is InChI=1S/C20H33F3O4/c1-2-3-4-5-6-7-8-9-10-11-13-17(27-19(25)20(21,22)23)16-14-12-15-18(24)26-16/h16-17H,2-15H2,1H3. The molecular weight excluding hydrogens is 361 g/mol. The molecule has 7 heteroatoms. The summed E-state index contributed by atoms with van der Waals surface area (Å²) in [6.45, 7) is 2.19. The minimum absolute atomic E-state index is 0.259. The zero-order valence-electron chi connectivity index (χ0n) is 16.3.